The molecule has 1 heterocycles. The van der Waals surface area contributed by atoms with Gasteiger partial charge in [-0.2, -0.15) is 0 Å². The van der Waals surface area contributed by atoms with E-state index in [0.717, 1.165) is 37.8 Å². The van der Waals surface area contributed by atoms with Crippen LogP contribution in [0.1, 0.15) is 41.6 Å². The fourth-order valence-electron chi connectivity index (χ4n) is 3.75. The molecule has 0 spiro atoms. The molecule has 1 aliphatic carbocycles. The molecule has 1 atom stereocenters. The molecular formula is C24H27FN2O3. The van der Waals surface area contributed by atoms with E-state index in [1.807, 2.05) is 17.0 Å². The van der Waals surface area contributed by atoms with Gasteiger partial charge in [-0.3, -0.25) is 9.59 Å². The van der Waals surface area contributed by atoms with E-state index in [1.165, 1.54) is 12.1 Å². The van der Waals surface area contributed by atoms with Crippen LogP contribution < -0.4 is 10.1 Å². The fourth-order valence-corrected chi connectivity index (χ4v) is 3.75. The Morgan fingerprint density at radius 2 is 1.90 bits per heavy atom. The normalized spacial score (nSPS) is 18.7. The van der Waals surface area contributed by atoms with Crippen LogP contribution in [0.3, 0.4) is 0 Å². The molecule has 6 heteroatoms. The van der Waals surface area contributed by atoms with E-state index < -0.39 is 0 Å². The highest BCUT2D eigenvalue weighted by Gasteiger charge is 2.25. The number of benzene rings is 2. The van der Waals surface area contributed by atoms with E-state index in [0.29, 0.717) is 30.5 Å². The zero-order valence-electron chi connectivity index (χ0n) is 17.0. The molecule has 2 fully saturated rings. The second-order valence-electron chi connectivity index (χ2n) is 8.24. The summed E-state index contributed by atoms with van der Waals surface area (Å²) in [5.41, 5.74) is 1.43. The second-order valence-corrected chi connectivity index (χ2v) is 8.24. The minimum absolute atomic E-state index is 0.0572. The molecule has 5 nitrogen and oxygen atoms in total. The van der Waals surface area contributed by atoms with Crippen molar-refractivity contribution in [1.29, 1.82) is 0 Å². The van der Waals surface area contributed by atoms with Gasteiger partial charge >= 0.3 is 0 Å². The van der Waals surface area contributed by atoms with Gasteiger partial charge in [0.15, 0.2) is 0 Å². The van der Waals surface area contributed by atoms with Crippen LogP contribution in [0.15, 0.2) is 48.5 Å². The van der Waals surface area contributed by atoms with E-state index in [9.17, 15) is 14.0 Å². The Balaban J connectivity index is 1.28. The van der Waals surface area contributed by atoms with Crippen molar-refractivity contribution in [3.05, 3.63) is 65.5 Å². The number of piperidine rings is 1. The summed E-state index contributed by atoms with van der Waals surface area (Å²) in [6, 6.07) is 13.7. The fraction of sp³-hybridized carbons (Fsp3) is 0.417. The number of ether oxygens (including phenoxy) is 1. The van der Waals surface area contributed by atoms with Crippen molar-refractivity contribution in [2.45, 2.75) is 38.1 Å². The molecule has 1 aliphatic heterocycles. The molecule has 0 bridgehead atoms. The predicted octanol–water partition coefficient (Wildman–Crippen LogP) is 3.58. The molecule has 30 heavy (non-hydrogen) atoms. The number of rotatable bonds is 7. The van der Waals surface area contributed by atoms with Crippen LogP contribution in [0.5, 0.6) is 5.75 Å². The van der Waals surface area contributed by atoms with Crippen molar-refractivity contribution in [1.82, 2.24) is 10.2 Å². The second kappa shape index (κ2) is 9.28. The molecule has 0 aromatic heterocycles. The van der Waals surface area contributed by atoms with Crippen molar-refractivity contribution in [3.63, 3.8) is 0 Å². The third-order valence-electron chi connectivity index (χ3n) is 5.63. The van der Waals surface area contributed by atoms with E-state index in [1.54, 1.807) is 24.3 Å². The predicted molar refractivity (Wildman–Crippen MR) is 112 cm³/mol. The first kappa shape index (κ1) is 20.4. The van der Waals surface area contributed by atoms with Gasteiger partial charge in [-0.15, -0.1) is 0 Å². The lowest BCUT2D eigenvalue weighted by molar-refractivity contribution is -0.132. The molecule has 4 rings (SSSR count). The Morgan fingerprint density at radius 1 is 1.10 bits per heavy atom. The highest BCUT2D eigenvalue weighted by atomic mass is 19.1. The molecule has 1 saturated carbocycles. The van der Waals surface area contributed by atoms with Crippen LogP contribution in [0.4, 0.5) is 4.39 Å². The number of carbonyl (C=O) groups excluding carboxylic acids is 2. The van der Waals surface area contributed by atoms with E-state index in [-0.39, 0.29) is 30.0 Å². The van der Waals surface area contributed by atoms with Gasteiger partial charge in [-0.1, -0.05) is 18.2 Å². The van der Waals surface area contributed by atoms with Gasteiger partial charge in [-0.05, 0) is 61.6 Å². The average Bonchev–Trinajstić information content (AvgIpc) is 3.58. The minimum Gasteiger partial charge on any atom is -0.493 e. The standard InChI is InChI=1S/C24H27FN2O3/c25-20-8-6-17(7-9-20)13-23(28)27-12-2-3-18(15-27)16-30-22-5-1-4-19(14-22)24(29)26-21-10-11-21/h1,4-9,14,18,21H,2-3,10-13,15-16H2,(H,26,29). The van der Waals surface area contributed by atoms with Gasteiger partial charge in [0.05, 0.1) is 13.0 Å². The maximum absolute atomic E-state index is 13.1. The summed E-state index contributed by atoms with van der Waals surface area (Å²) in [6.45, 7) is 1.91. The molecule has 2 amide bonds. The van der Waals surface area contributed by atoms with Gasteiger partial charge in [0, 0.05) is 30.6 Å². The van der Waals surface area contributed by atoms with Crippen molar-refractivity contribution >= 4 is 11.8 Å². The Kier molecular flexibility index (Phi) is 6.31. The van der Waals surface area contributed by atoms with Crippen molar-refractivity contribution in [3.8, 4) is 5.75 Å². The average molecular weight is 410 g/mol. The van der Waals surface area contributed by atoms with Crippen LogP contribution >= 0.6 is 0 Å². The SMILES string of the molecule is O=C(NC1CC1)c1cccc(OCC2CCCN(C(=O)Cc3ccc(F)cc3)C2)c1. The Hall–Kier alpha value is -2.89. The Labute approximate surface area is 176 Å². The van der Waals surface area contributed by atoms with Crippen LogP contribution in [-0.2, 0) is 11.2 Å². The smallest absolute Gasteiger partial charge is 0.251 e. The number of likely N-dealkylation sites (tertiary alicyclic amines) is 1. The van der Waals surface area contributed by atoms with Gasteiger partial charge in [0.25, 0.3) is 5.91 Å². The van der Waals surface area contributed by atoms with E-state index in [2.05, 4.69) is 5.32 Å². The first-order valence-corrected chi connectivity index (χ1v) is 10.6. The third kappa shape index (κ3) is 5.59. The van der Waals surface area contributed by atoms with Crippen LogP contribution in [0, 0.1) is 11.7 Å². The first-order valence-electron chi connectivity index (χ1n) is 10.6. The summed E-state index contributed by atoms with van der Waals surface area (Å²) in [5.74, 6) is 0.631. The number of halogens is 1. The van der Waals surface area contributed by atoms with Crippen molar-refractivity contribution < 1.29 is 18.7 Å². The first-order chi connectivity index (χ1) is 14.6. The molecule has 1 unspecified atom stereocenters. The lowest BCUT2D eigenvalue weighted by Crippen LogP contribution is -2.42. The quantitative estimate of drug-likeness (QED) is 0.759. The van der Waals surface area contributed by atoms with Crippen molar-refractivity contribution in [2.75, 3.05) is 19.7 Å². The highest BCUT2D eigenvalue weighted by Crippen LogP contribution is 2.22. The summed E-state index contributed by atoms with van der Waals surface area (Å²) >= 11 is 0. The molecule has 2 aromatic carbocycles. The molecule has 2 aliphatic rings. The summed E-state index contributed by atoms with van der Waals surface area (Å²) in [4.78, 5) is 26.7. The molecule has 1 N–H and O–H groups in total. The summed E-state index contributed by atoms with van der Waals surface area (Å²) in [7, 11) is 0. The summed E-state index contributed by atoms with van der Waals surface area (Å²) < 4.78 is 19.0. The molecule has 1 saturated heterocycles. The van der Waals surface area contributed by atoms with Crippen LogP contribution in [0.2, 0.25) is 0 Å². The zero-order valence-corrected chi connectivity index (χ0v) is 17.0. The third-order valence-corrected chi connectivity index (χ3v) is 5.63. The maximum Gasteiger partial charge on any atom is 0.251 e. The van der Waals surface area contributed by atoms with E-state index in [4.69, 9.17) is 4.74 Å². The number of hydrogen-bond acceptors (Lipinski definition) is 3. The Bertz CT molecular complexity index is 896. The van der Waals surface area contributed by atoms with Crippen LogP contribution in [-0.4, -0.2) is 42.5 Å². The van der Waals surface area contributed by atoms with Crippen molar-refractivity contribution in [2.24, 2.45) is 5.92 Å². The van der Waals surface area contributed by atoms with E-state index >= 15 is 0 Å². The Morgan fingerprint density at radius 3 is 2.67 bits per heavy atom. The minimum atomic E-state index is -0.296. The van der Waals surface area contributed by atoms with Gasteiger partial charge in [0.2, 0.25) is 5.91 Å². The topological polar surface area (TPSA) is 58.6 Å². The number of nitrogens with one attached hydrogen (secondary N) is 1. The summed E-state index contributed by atoms with van der Waals surface area (Å²) in [6.07, 6.45) is 4.33. The van der Waals surface area contributed by atoms with Crippen LogP contribution in [0.25, 0.3) is 0 Å². The highest BCUT2D eigenvalue weighted by molar-refractivity contribution is 5.94. The number of carbonyl (C=O) groups is 2. The maximum atomic E-state index is 13.1. The van der Waals surface area contributed by atoms with Gasteiger partial charge in [0.1, 0.15) is 11.6 Å². The molecule has 158 valence electrons. The van der Waals surface area contributed by atoms with Gasteiger partial charge < -0.3 is 15.0 Å². The number of hydrogen-bond donors (Lipinski definition) is 1. The largest absolute Gasteiger partial charge is 0.493 e. The lowest BCUT2D eigenvalue weighted by Gasteiger charge is -2.32. The van der Waals surface area contributed by atoms with Gasteiger partial charge in [-0.25, -0.2) is 4.39 Å². The lowest BCUT2D eigenvalue weighted by atomic mass is 9.98. The number of amides is 2. The summed E-state index contributed by atoms with van der Waals surface area (Å²) in [5, 5.41) is 2.98. The molecule has 0 radical (unpaired) electrons. The number of nitrogens with zero attached hydrogens (tertiary/aromatic N) is 1. The zero-order chi connectivity index (χ0) is 20.9. The molecular weight excluding hydrogens is 383 g/mol. The monoisotopic (exact) mass is 410 g/mol. The molecule has 2 aromatic rings.